The third-order valence-corrected chi connectivity index (χ3v) is 18.9. The van der Waals surface area contributed by atoms with Crippen LogP contribution in [0.2, 0.25) is 0 Å². The number of nitrogens with zero attached hydrogens (tertiary/aromatic N) is 6. The SMILES string of the molecule is CCc1ccccc1[C@H]1CCCN1C1CC2(CCN(c3ccc(C(=O)NS(=O)(=O)c4cnc(NCC5CCC(N=S(=O)(CC)CC)CC5)c([N+](=O)[O-])c4)c(Oc4cnc5[nH]ccc5c4)c3)CC2)C1. The summed E-state index contributed by atoms with van der Waals surface area (Å²) in [5, 5.41) is 16.1. The summed E-state index contributed by atoms with van der Waals surface area (Å²) in [7, 11) is -6.84. The standard InChI is InChI=1S/C50H63N9O7S2/c1-4-35-10-7-8-11-42(35)44-12-9-23-58(44)39-29-50(30-39)20-24-57(25-21-50)38-17-18-43(46(27-38)66-40-26-36-19-22-51-47(36)53-32-40)49(60)56-68(64,65)41-28-45(59(61)62)48(54-33-41)52-31-34-13-15-37(16-14-34)55-67(63,5-2)6-3/h7-8,10-11,17-19,22,26-28,32-34,37,39,44H,4-6,9,12-16,20-21,23-25,29-31H2,1-3H3,(H,51,53)(H,52,54)(H,56,60)/t34?,37?,44-/m1/s1. The fourth-order valence-electron chi connectivity index (χ4n) is 11.1. The number of anilines is 2. The van der Waals surface area contributed by atoms with Crippen LogP contribution in [0.3, 0.4) is 0 Å². The molecule has 4 fully saturated rings. The number of benzene rings is 2. The molecule has 9 rings (SSSR count). The van der Waals surface area contributed by atoms with Crippen molar-refractivity contribution in [3.05, 3.63) is 106 Å². The van der Waals surface area contributed by atoms with Crippen LogP contribution in [0.1, 0.15) is 113 Å². The summed E-state index contributed by atoms with van der Waals surface area (Å²) in [4.78, 5) is 41.8. The van der Waals surface area contributed by atoms with Gasteiger partial charge in [0.05, 0.1) is 28.9 Å². The Morgan fingerprint density at radius 2 is 1.71 bits per heavy atom. The number of nitro groups is 1. The molecule has 2 aliphatic carbocycles. The first-order valence-electron chi connectivity index (χ1n) is 24.3. The molecule has 0 radical (unpaired) electrons. The Hall–Kier alpha value is -5.59. The fourth-order valence-corrected chi connectivity index (χ4v) is 13.4. The topological polar surface area (TPSA) is 205 Å². The van der Waals surface area contributed by atoms with Gasteiger partial charge in [-0.1, -0.05) is 45.0 Å². The van der Waals surface area contributed by atoms with Gasteiger partial charge >= 0.3 is 5.69 Å². The highest BCUT2D eigenvalue weighted by atomic mass is 32.2. The smallest absolute Gasteiger partial charge is 0.312 e. The van der Waals surface area contributed by atoms with Gasteiger partial charge in [-0.15, -0.1) is 0 Å². The monoisotopic (exact) mass is 965 g/mol. The van der Waals surface area contributed by atoms with Crippen molar-refractivity contribution in [3.63, 3.8) is 0 Å². The molecule has 0 bridgehead atoms. The number of amides is 1. The van der Waals surface area contributed by atoms with E-state index < -0.39 is 41.2 Å². The summed E-state index contributed by atoms with van der Waals surface area (Å²) >= 11 is 0. The minimum Gasteiger partial charge on any atom is -0.455 e. The summed E-state index contributed by atoms with van der Waals surface area (Å²) in [6.45, 7) is 9.24. The Balaban J connectivity index is 0.874. The van der Waals surface area contributed by atoms with Crippen LogP contribution in [-0.2, 0) is 26.2 Å². The van der Waals surface area contributed by atoms with Crippen molar-refractivity contribution in [3.8, 4) is 11.5 Å². The fraction of sp³-hybridized carbons (Fsp3) is 0.500. The molecule has 2 saturated carbocycles. The molecule has 18 heteroatoms. The van der Waals surface area contributed by atoms with Crippen molar-refractivity contribution in [1.82, 2.24) is 24.6 Å². The van der Waals surface area contributed by atoms with Crippen molar-refractivity contribution in [2.75, 3.05) is 47.9 Å². The first-order chi connectivity index (χ1) is 32.8. The Bertz CT molecular complexity index is 2880. The molecule has 2 saturated heterocycles. The average Bonchev–Trinajstić information content (AvgIpc) is 4.03. The number of pyridine rings is 2. The van der Waals surface area contributed by atoms with Gasteiger partial charge in [0, 0.05) is 82.4 Å². The van der Waals surface area contributed by atoms with Crippen molar-refractivity contribution in [1.29, 1.82) is 0 Å². The number of carbonyl (C=O) groups excluding carboxylic acids is 1. The Kier molecular flexibility index (Phi) is 13.8. The third kappa shape index (κ3) is 10.1. The van der Waals surface area contributed by atoms with E-state index in [1.165, 1.54) is 43.0 Å². The highest BCUT2D eigenvalue weighted by molar-refractivity contribution is 7.93. The molecule has 68 heavy (non-hydrogen) atoms. The normalized spacial score (nSPS) is 21.1. The first-order valence-corrected chi connectivity index (χ1v) is 27.6. The maximum Gasteiger partial charge on any atom is 0.312 e. The van der Waals surface area contributed by atoms with Crippen LogP contribution >= 0.6 is 0 Å². The van der Waals surface area contributed by atoms with E-state index in [-0.39, 0.29) is 29.1 Å². The molecule has 4 aliphatic rings. The minimum atomic E-state index is -4.64. The van der Waals surface area contributed by atoms with E-state index in [0.29, 0.717) is 46.9 Å². The van der Waals surface area contributed by atoms with Gasteiger partial charge in [0.1, 0.15) is 22.0 Å². The van der Waals surface area contributed by atoms with E-state index in [2.05, 4.69) is 70.3 Å². The minimum absolute atomic E-state index is 0.0315. The summed E-state index contributed by atoms with van der Waals surface area (Å²) in [6.07, 6.45) is 15.4. The lowest BCUT2D eigenvalue weighted by molar-refractivity contribution is -0.384. The maximum absolute atomic E-state index is 14.0. The number of hydrogen-bond donors (Lipinski definition) is 3. The number of likely N-dealkylation sites (tertiary alicyclic amines) is 1. The molecule has 16 nitrogen and oxygen atoms in total. The number of carbonyl (C=O) groups is 1. The van der Waals surface area contributed by atoms with E-state index in [4.69, 9.17) is 4.74 Å². The van der Waals surface area contributed by atoms with Crippen LogP contribution < -0.4 is 19.7 Å². The highest BCUT2D eigenvalue weighted by Crippen LogP contribution is 2.54. The molecule has 1 spiro atoms. The molecule has 3 aromatic heterocycles. The van der Waals surface area contributed by atoms with Crippen LogP contribution in [0.5, 0.6) is 11.5 Å². The van der Waals surface area contributed by atoms with Crippen molar-refractivity contribution >= 4 is 53.9 Å². The second-order valence-corrected chi connectivity index (χ2v) is 23.7. The molecule has 2 aromatic carbocycles. The lowest BCUT2D eigenvalue weighted by atomic mass is 9.59. The summed E-state index contributed by atoms with van der Waals surface area (Å²) in [5.74, 6) is 0.688. The zero-order valence-electron chi connectivity index (χ0n) is 39.2. The molecule has 5 aromatic rings. The second kappa shape index (κ2) is 19.8. The number of sulfonamides is 1. The Morgan fingerprint density at radius 1 is 0.941 bits per heavy atom. The van der Waals surface area contributed by atoms with Gasteiger partial charge in [-0.25, -0.2) is 31.7 Å². The number of fused-ring (bicyclic) bond motifs is 1. The lowest BCUT2D eigenvalue weighted by Crippen LogP contribution is -2.54. The number of aryl methyl sites for hydroxylation is 1. The number of H-pyrrole nitrogens is 1. The van der Waals surface area contributed by atoms with Gasteiger partial charge < -0.3 is 19.9 Å². The van der Waals surface area contributed by atoms with E-state index >= 15 is 0 Å². The summed E-state index contributed by atoms with van der Waals surface area (Å²) < 4.78 is 53.6. The molecular formula is C50H63N9O7S2. The number of piperidine rings is 1. The predicted octanol–water partition coefficient (Wildman–Crippen LogP) is 9.40. The number of nitrogens with one attached hydrogen (secondary N) is 3. The highest BCUT2D eigenvalue weighted by Gasteiger charge is 2.50. The average molecular weight is 966 g/mol. The van der Waals surface area contributed by atoms with Crippen LogP contribution in [0, 0.1) is 21.4 Å². The zero-order valence-corrected chi connectivity index (χ0v) is 40.8. The van der Waals surface area contributed by atoms with Crippen molar-refractivity contribution in [2.24, 2.45) is 15.7 Å². The molecule has 1 atom stereocenters. The molecular weight excluding hydrogens is 903 g/mol. The Morgan fingerprint density at radius 3 is 2.44 bits per heavy atom. The lowest BCUT2D eigenvalue weighted by Gasteiger charge is -2.56. The van der Waals surface area contributed by atoms with Crippen LogP contribution in [0.15, 0.2) is 88.5 Å². The maximum atomic E-state index is 14.0. The molecule has 0 unspecified atom stereocenters. The van der Waals surface area contributed by atoms with E-state index in [1.54, 1.807) is 24.4 Å². The number of aromatic amines is 1. The van der Waals surface area contributed by atoms with Gasteiger partial charge in [-0.2, -0.15) is 0 Å². The Labute approximate surface area is 399 Å². The number of aromatic nitrogens is 3. The van der Waals surface area contributed by atoms with Gasteiger partial charge in [-0.05, 0) is 124 Å². The van der Waals surface area contributed by atoms with Gasteiger partial charge in [0.2, 0.25) is 5.82 Å². The predicted molar refractivity (Wildman–Crippen MR) is 265 cm³/mol. The van der Waals surface area contributed by atoms with Gasteiger partial charge in [0.25, 0.3) is 15.9 Å². The molecule has 3 N–H and O–H groups in total. The van der Waals surface area contributed by atoms with E-state index in [9.17, 15) is 27.5 Å². The second-order valence-electron chi connectivity index (χ2n) is 19.1. The molecule has 5 heterocycles. The van der Waals surface area contributed by atoms with Crippen LogP contribution in [0.25, 0.3) is 11.0 Å². The van der Waals surface area contributed by atoms with Gasteiger partial charge in [0.15, 0.2) is 0 Å². The quantitative estimate of drug-likeness (QED) is 0.0625. The van der Waals surface area contributed by atoms with Crippen LogP contribution in [-0.4, -0.2) is 93.1 Å². The van der Waals surface area contributed by atoms with Crippen molar-refractivity contribution in [2.45, 2.75) is 114 Å². The molecule has 2 aliphatic heterocycles. The van der Waals surface area contributed by atoms with Crippen LogP contribution in [0.4, 0.5) is 17.2 Å². The first kappa shape index (κ1) is 47.5. The third-order valence-electron chi connectivity index (χ3n) is 15.1. The van der Waals surface area contributed by atoms with E-state index in [1.807, 2.05) is 26.0 Å². The van der Waals surface area contributed by atoms with Gasteiger partial charge in [-0.3, -0.25) is 19.8 Å². The number of hydrogen-bond acceptors (Lipinski definition) is 13. The van der Waals surface area contributed by atoms with E-state index in [0.717, 1.165) is 87.9 Å². The molecule has 362 valence electrons. The number of ether oxygens (including phenoxy) is 1. The summed E-state index contributed by atoms with van der Waals surface area (Å²) in [6, 6.07) is 19.7. The number of rotatable bonds is 16. The van der Waals surface area contributed by atoms with Crippen molar-refractivity contribution < 1.29 is 27.1 Å². The molecule has 1 amide bonds. The zero-order chi connectivity index (χ0) is 47.6. The summed E-state index contributed by atoms with van der Waals surface area (Å²) in [5.41, 5.74) is 4.19. The largest absolute Gasteiger partial charge is 0.455 e.